The van der Waals surface area contributed by atoms with E-state index in [1.807, 2.05) is 18.2 Å². The zero-order valence-electron chi connectivity index (χ0n) is 10.4. The number of ether oxygens (including phenoxy) is 1. The number of hydrogen-bond donors (Lipinski definition) is 1. The van der Waals surface area contributed by atoms with Crippen LogP contribution >= 0.6 is 15.9 Å². The summed E-state index contributed by atoms with van der Waals surface area (Å²) in [4.78, 5) is 8.58. The molecule has 2 N–H and O–H groups in total. The van der Waals surface area contributed by atoms with Gasteiger partial charge >= 0.3 is 0 Å². The lowest BCUT2D eigenvalue weighted by atomic mass is 9.97. The van der Waals surface area contributed by atoms with Gasteiger partial charge in [-0.25, -0.2) is 9.97 Å². The Morgan fingerprint density at radius 3 is 2.84 bits per heavy atom. The standard InChI is InChI=1S/C14H14BrN3O/c15-9-5-6-13(11(16)7-9)19-14-10-3-1-2-4-12(10)17-8-18-14/h5-8H,1-4,16H2. The molecular formula is C14H14BrN3O. The summed E-state index contributed by atoms with van der Waals surface area (Å²) in [6, 6.07) is 5.57. The lowest BCUT2D eigenvalue weighted by Gasteiger charge is -2.17. The SMILES string of the molecule is Nc1cc(Br)ccc1Oc1ncnc2c1CCCC2. The first-order valence-electron chi connectivity index (χ1n) is 6.29. The zero-order valence-corrected chi connectivity index (χ0v) is 12.0. The molecule has 98 valence electrons. The van der Waals surface area contributed by atoms with Gasteiger partial charge in [0, 0.05) is 10.0 Å². The first-order chi connectivity index (χ1) is 9.24. The summed E-state index contributed by atoms with van der Waals surface area (Å²) in [7, 11) is 0. The molecule has 5 heteroatoms. The van der Waals surface area contributed by atoms with Gasteiger partial charge in [-0.2, -0.15) is 0 Å². The zero-order chi connectivity index (χ0) is 13.2. The van der Waals surface area contributed by atoms with Gasteiger partial charge in [-0.3, -0.25) is 0 Å². The van der Waals surface area contributed by atoms with Crippen LogP contribution in [-0.2, 0) is 12.8 Å². The third kappa shape index (κ3) is 2.56. The van der Waals surface area contributed by atoms with Crippen LogP contribution < -0.4 is 10.5 Å². The quantitative estimate of drug-likeness (QED) is 0.861. The van der Waals surface area contributed by atoms with Crippen LogP contribution in [-0.4, -0.2) is 9.97 Å². The molecular weight excluding hydrogens is 306 g/mol. The molecule has 1 aromatic carbocycles. The summed E-state index contributed by atoms with van der Waals surface area (Å²) < 4.78 is 6.80. The van der Waals surface area contributed by atoms with Crippen LogP contribution in [0.2, 0.25) is 0 Å². The Kier molecular flexibility index (Phi) is 3.38. The highest BCUT2D eigenvalue weighted by atomic mass is 79.9. The predicted octanol–water partition coefficient (Wildman–Crippen LogP) is 3.49. The molecule has 0 saturated heterocycles. The normalized spacial score (nSPS) is 13.9. The van der Waals surface area contributed by atoms with E-state index in [0.29, 0.717) is 17.3 Å². The number of fused-ring (bicyclic) bond motifs is 1. The molecule has 0 atom stereocenters. The number of anilines is 1. The molecule has 0 spiro atoms. The molecule has 1 aromatic heterocycles. The molecule has 1 aliphatic carbocycles. The van der Waals surface area contributed by atoms with Gasteiger partial charge in [0.15, 0.2) is 5.75 Å². The maximum atomic E-state index is 5.95. The van der Waals surface area contributed by atoms with Crippen molar-refractivity contribution in [3.05, 3.63) is 40.3 Å². The number of aromatic nitrogens is 2. The Labute approximate surface area is 120 Å². The number of halogens is 1. The van der Waals surface area contributed by atoms with Gasteiger partial charge in [0.25, 0.3) is 0 Å². The molecule has 0 radical (unpaired) electrons. The van der Waals surface area contributed by atoms with Crippen molar-refractivity contribution in [3.63, 3.8) is 0 Å². The van der Waals surface area contributed by atoms with Gasteiger partial charge in [-0.1, -0.05) is 15.9 Å². The minimum absolute atomic E-state index is 0.595. The highest BCUT2D eigenvalue weighted by Crippen LogP contribution is 2.33. The van der Waals surface area contributed by atoms with Gasteiger partial charge in [-0.15, -0.1) is 0 Å². The van der Waals surface area contributed by atoms with Crippen LogP contribution in [0.15, 0.2) is 29.0 Å². The van der Waals surface area contributed by atoms with Gasteiger partial charge in [0.1, 0.15) is 6.33 Å². The molecule has 19 heavy (non-hydrogen) atoms. The van der Waals surface area contributed by atoms with Crippen molar-refractivity contribution in [2.24, 2.45) is 0 Å². The predicted molar refractivity (Wildman–Crippen MR) is 77.3 cm³/mol. The van der Waals surface area contributed by atoms with Crippen LogP contribution in [0.25, 0.3) is 0 Å². The molecule has 0 unspecified atom stereocenters. The Morgan fingerprint density at radius 2 is 2.00 bits per heavy atom. The van der Waals surface area contributed by atoms with Crippen molar-refractivity contribution in [3.8, 4) is 11.6 Å². The van der Waals surface area contributed by atoms with Gasteiger partial charge < -0.3 is 10.5 Å². The highest BCUT2D eigenvalue weighted by Gasteiger charge is 2.17. The lowest BCUT2D eigenvalue weighted by Crippen LogP contribution is -2.08. The molecule has 0 amide bonds. The van der Waals surface area contributed by atoms with Crippen LogP contribution in [0.5, 0.6) is 11.6 Å². The molecule has 0 aliphatic heterocycles. The molecule has 3 rings (SSSR count). The third-order valence-corrected chi connectivity index (χ3v) is 3.76. The Morgan fingerprint density at radius 1 is 1.16 bits per heavy atom. The summed E-state index contributed by atoms with van der Waals surface area (Å²) in [6.07, 6.45) is 5.89. The number of nitrogens with zero attached hydrogens (tertiary/aromatic N) is 2. The summed E-state index contributed by atoms with van der Waals surface area (Å²) >= 11 is 3.38. The molecule has 0 bridgehead atoms. The fraction of sp³-hybridized carbons (Fsp3) is 0.286. The minimum atomic E-state index is 0.595. The molecule has 1 heterocycles. The van der Waals surface area contributed by atoms with Gasteiger partial charge in [0.2, 0.25) is 5.88 Å². The fourth-order valence-corrected chi connectivity index (χ4v) is 2.67. The Bertz CT molecular complexity index is 616. The van der Waals surface area contributed by atoms with Crippen molar-refractivity contribution in [2.75, 3.05) is 5.73 Å². The van der Waals surface area contributed by atoms with Crippen LogP contribution in [0.1, 0.15) is 24.1 Å². The number of benzene rings is 1. The van der Waals surface area contributed by atoms with Crippen molar-refractivity contribution in [1.29, 1.82) is 0 Å². The lowest BCUT2D eigenvalue weighted by molar-refractivity contribution is 0.449. The van der Waals surface area contributed by atoms with Crippen molar-refractivity contribution >= 4 is 21.6 Å². The first kappa shape index (κ1) is 12.4. The fourth-order valence-electron chi connectivity index (χ4n) is 2.30. The van der Waals surface area contributed by atoms with Crippen molar-refractivity contribution in [1.82, 2.24) is 9.97 Å². The van der Waals surface area contributed by atoms with E-state index in [1.165, 1.54) is 6.42 Å². The second-order valence-electron chi connectivity index (χ2n) is 4.60. The smallest absolute Gasteiger partial charge is 0.225 e. The van der Waals surface area contributed by atoms with Crippen molar-refractivity contribution < 1.29 is 4.74 Å². The van der Waals surface area contributed by atoms with E-state index >= 15 is 0 Å². The number of aryl methyl sites for hydroxylation is 1. The number of rotatable bonds is 2. The van der Waals surface area contributed by atoms with E-state index in [2.05, 4.69) is 25.9 Å². The monoisotopic (exact) mass is 319 g/mol. The average molecular weight is 320 g/mol. The van der Waals surface area contributed by atoms with Gasteiger partial charge in [-0.05, 0) is 43.9 Å². The van der Waals surface area contributed by atoms with E-state index in [-0.39, 0.29) is 0 Å². The first-order valence-corrected chi connectivity index (χ1v) is 7.09. The Hall–Kier alpha value is -1.62. The molecule has 0 saturated carbocycles. The summed E-state index contributed by atoms with van der Waals surface area (Å²) in [5, 5.41) is 0. The summed E-state index contributed by atoms with van der Waals surface area (Å²) in [5.41, 5.74) is 8.77. The molecule has 2 aromatic rings. The Balaban J connectivity index is 1.95. The van der Waals surface area contributed by atoms with Crippen LogP contribution in [0.4, 0.5) is 5.69 Å². The largest absolute Gasteiger partial charge is 0.436 e. The van der Waals surface area contributed by atoms with Crippen LogP contribution in [0.3, 0.4) is 0 Å². The maximum absolute atomic E-state index is 5.95. The molecule has 4 nitrogen and oxygen atoms in total. The second-order valence-corrected chi connectivity index (χ2v) is 5.51. The summed E-state index contributed by atoms with van der Waals surface area (Å²) in [6.45, 7) is 0. The number of nitrogen functional groups attached to an aromatic ring is 1. The third-order valence-electron chi connectivity index (χ3n) is 3.26. The maximum Gasteiger partial charge on any atom is 0.225 e. The average Bonchev–Trinajstić information content (AvgIpc) is 2.42. The van der Waals surface area contributed by atoms with E-state index in [1.54, 1.807) is 6.33 Å². The number of hydrogen-bond acceptors (Lipinski definition) is 4. The van der Waals surface area contributed by atoms with Crippen LogP contribution in [0, 0.1) is 0 Å². The highest BCUT2D eigenvalue weighted by molar-refractivity contribution is 9.10. The van der Waals surface area contributed by atoms with Gasteiger partial charge in [0.05, 0.1) is 11.4 Å². The summed E-state index contributed by atoms with van der Waals surface area (Å²) in [5.74, 6) is 1.27. The van der Waals surface area contributed by atoms with E-state index in [9.17, 15) is 0 Å². The number of nitrogens with two attached hydrogens (primary N) is 1. The molecule has 1 aliphatic rings. The molecule has 0 fully saturated rings. The topological polar surface area (TPSA) is 61.0 Å². The van der Waals surface area contributed by atoms with Crippen molar-refractivity contribution in [2.45, 2.75) is 25.7 Å². The minimum Gasteiger partial charge on any atom is -0.436 e. The van der Waals surface area contributed by atoms with E-state index in [0.717, 1.165) is 35.0 Å². The second kappa shape index (κ2) is 5.17. The van der Waals surface area contributed by atoms with E-state index < -0.39 is 0 Å². The van der Waals surface area contributed by atoms with E-state index in [4.69, 9.17) is 10.5 Å².